The fraction of sp³-hybridized carbons (Fsp3) is 0.412. The Kier molecular flexibility index (Phi) is 4.50. The van der Waals surface area contributed by atoms with E-state index in [2.05, 4.69) is 20.5 Å². The van der Waals surface area contributed by atoms with Gasteiger partial charge in [-0.15, -0.1) is 10.2 Å². The maximum Gasteiger partial charge on any atom is 0.298 e. The largest absolute Gasteiger partial charge is 0.424 e. The third kappa shape index (κ3) is 3.50. The number of carbonyl (C=O) groups excluding carboxylic acids is 1. The van der Waals surface area contributed by atoms with Gasteiger partial charge in [0.25, 0.3) is 6.01 Å². The Bertz CT molecular complexity index is 938. The summed E-state index contributed by atoms with van der Waals surface area (Å²) in [5.74, 6) is 0.699. The lowest BCUT2D eigenvalue weighted by Gasteiger charge is -2.30. The highest BCUT2D eigenvalue weighted by atomic mass is 35.5. The average molecular weight is 376 g/mol. The van der Waals surface area contributed by atoms with Crippen molar-refractivity contribution in [2.45, 2.75) is 26.3 Å². The Morgan fingerprint density at radius 2 is 2.27 bits per heavy atom. The van der Waals surface area contributed by atoms with Crippen LogP contribution in [-0.4, -0.2) is 34.2 Å². The normalized spacial score (nSPS) is 17.6. The zero-order valence-electron chi connectivity index (χ0n) is 14.2. The van der Waals surface area contributed by atoms with Crippen molar-refractivity contribution in [3.05, 3.63) is 35.0 Å². The Morgan fingerprint density at radius 1 is 1.38 bits per heavy atom. The van der Waals surface area contributed by atoms with Crippen molar-refractivity contribution in [3.8, 4) is 0 Å². The molecule has 0 bridgehead atoms. The third-order valence-electron chi connectivity index (χ3n) is 4.38. The number of fused-ring (bicyclic) bond motifs is 1. The fourth-order valence-electron chi connectivity index (χ4n) is 3.10. The maximum atomic E-state index is 12.5. The number of amides is 1. The number of hydrogen-bond donors (Lipinski definition) is 1. The zero-order valence-corrected chi connectivity index (χ0v) is 15.0. The third-order valence-corrected chi connectivity index (χ3v) is 4.62. The number of nitrogens with one attached hydrogen (secondary N) is 1. The van der Waals surface area contributed by atoms with Crippen molar-refractivity contribution in [2.75, 3.05) is 18.0 Å². The van der Waals surface area contributed by atoms with Crippen LogP contribution in [0.15, 0.2) is 27.0 Å². The van der Waals surface area contributed by atoms with Gasteiger partial charge in [0.1, 0.15) is 5.52 Å². The van der Waals surface area contributed by atoms with Crippen LogP contribution in [0.5, 0.6) is 0 Å². The summed E-state index contributed by atoms with van der Waals surface area (Å²) in [5.41, 5.74) is 1.40. The SMILES string of the molecule is Cc1nnc(CNC(=O)C2CCCN(c3nc4cc(Cl)ccc4o3)C2)o1. The monoisotopic (exact) mass is 375 g/mol. The lowest BCUT2D eigenvalue weighted by Crippen LogP contribution is -2.43. The summed E-state index contributed by atoms with van der Waals surface area (Å²) < 4.78 is 11.1. The Hall–Kier alpha value is -2.61. The topological polar surface area (TPSA) is 97.3 Å². The van der Waals surface area contributed by atoms with Crippen LogP contribution in [0.4, 0.5) is 6.01 Å². The summed E-state index contributed by atoms with van der Waals surface area (Å²) in [6, 6.07) is 5.86. The van der Waals surface area contributed by atoms with Crippen LogP contribution in [-0.2, 0) is 11.3 Å². The van der Waals surface area contributed by atoms with Crippen molar-refractivity contribution < 1.29 is 13.6 Å². The highest BCUT2D eigenvalue weighted by Crippen LogP contribution is 2.28. The summed E-state index contributed by atoms with van der Waals surface area (Å²) in [6.45, 7) is 3.30. The number of halogens is 1. The predicted octanol–water partition coefficient (Wildman–Crippen LogP) is 2.71. The summed E-state index contributed by atoms with van der Waals surface area (Å²) in [6.07, 6.45) is 1.70. The first-order valence-corrected chi connectivity index (χ1v) is 8.84. The second kappa shape index (κ2) is 6.95. The number of benzene rings is 1. The van der Waals surface area contributed by atoms with Crippen LogP contribution in [0.1, 0.15) is 24.6 Å². The molecule has 1 fully saturated rings. The molecule has 3 heterocycles. The number of rotatable bonds is 4. The number of anilines is 1. The summed E-state index contributed by atoms with van der Waals surface area (Å²) in [5, 5.41) is 11.1. The van der Waals surface area contributed by atoms with Crippen LogP contribution < -0.4 is 10.2 Å². The van der Waals surface area contributed by atoms with Crippen molar-refractivity contribution >= 4 is 34.6 Å². The molecule has 1 aliphatic heterocycles. The van der Waals surface area contributed by atoms with Gasteiger partial charge < -0.3 is 19.1 Å². The molecule has 9 heteroatoms. The molecule has 1 aromatic carbocycles. The molecule has 1 atom stereocenters. The highest BCUT2D eigenvalue weighted by Gasteiger charge is 2.28. The minimum absolute atomic E-state index is 0.0373. The number of aromatic nitrogens is 3. The number of nitrogens with zero attached hydrogens (tertiary/aromatic N) is 4. The van der Waals surface area contributed by atoms with E-state index in [1.54, 1.807) is 25.1 Å². The van der Waals surface area contributed by atoms with Crippen LogP contribution in [0.3, 0.4) is 0 Å². The van der Waals surface area contributed by atoms with E-state index in [4.69, 9.17) is 20.4 Å². The fourth-order valence-corrected chi connectivity index (χ4v) is 3.27. The van der Waals surface area contributed by atoms with E-state index in [0.717, 1.165) is 19.4 Å². The molecule has 0 saturated carbocycles. The first kappa shape index (κ1) is 16.8. The Morgan fingerprint density at radius 3 is 3.08 bits per heavy atom. The van der Waals surface area contributed by atoms with Gasteiger partial charge in [0.15, 0.2) is 5.58 Å². The first-order valence-electron chi connectivity index (χ1n) is 8.46. The molecule has 3 aromatic rings. The molecule has 1 unspecified atom stereocenters. The second-order valence-electron chi connectivity index (χ2n) is 6.33. The summed E-state index contributed by atoms with van der Waals surface area (Å²) >= 11 is 6.00. The first-order chi connectivity index (χ1) is 12.6. The van der Waals surface area contributed by atoms with Gasteiger partial charge in [-0.25, -0.2) is 0 Å². The number of aryl methyl sites for hydroxylation is 1. The molecule has 2 aromatic heterocycles. The van der Waals surface area contributed by atoms with Gasteiger partial charge in [0.05, 0.1) is 12.5 Å². The predicted molar refractivity (Wildman–Crippen MR) is 94.8 cm³/mol. The summed E-state index contributed by atoms with van der Waals surface area (Å²) in [7, 11) is 0. The number of hydrogen-bond acceptors (Lipinski definition) is 7. The van der Waals surface area contributed by atoms with E-state index >= 15 is 0 Å². The van der Waals surface area contributed by atoms with E-state index in [9.17, 15) is 4.79 Å². The van der Waals surface area contributed by atoms with Crippen LogP contribution >= 0.6 is 11.6 Å². The van der Waals surface area contributed by atoms with E-state index in [1.807, 2.05) is 4.90 Å². The van der Waals surface area contributed by atoms with Gasteiger partial charge >= 0.3 is 0 Å². The lowest BCUT2D eigenvalue weighted by atomic mass is 9.97. The Labute approximate surface area is 154 Å². The second-order valence-corrected chi connectivity index (χ2v) is 6.76. The quantitative estimate of drug-likeness (QED) is 0.748. The van der Waals surface area contributed by atoms with Gasteiger partial charge in [0.2, 0.25) is 17.7 Å². The molecule has 136 valence electrons. The van der Waals surface area contributed by atoms with Crippen molar-refractivity contribution in [1.29, 1.82) is 0 Å². The molecule has 1 aliphatic rings. The number of oxazole rings is 1. The van der Waals surface area contributed by atoms with E-state index in [0.29, 0.717) is 40.5 Å². The minimum Gasteiger partial charge on any atom is -0.424 e. The highest BCUT2D eigenvalue weighted by molar-refractivity contribution is 6.31. The van der Waals surface area contributed by atoms with Gasteiger partial charge in [-0.2, -0.15) is 4.98 Å². The van der Waals surface area contributed by atoms with E-state index in [-0.39, 0.29) is 18.4 Å². The molecule has 0 radical (unpaired) electrons. The lowest BCUT2D eigenvalue weighted by molar-refractivity contribution is -0.125. The van der Waals surface area contributed by atoms with Gasteiger partial charge in [0, 0.05) is 25.0 Å². The maximum absolute atomic E-state index is 12.5. The molecular weight excluding hydrogens is 358 g/mol. The zero-order chi connectivity index (χ0) is 18.1. The molecule has 1 amide bonds. The molecule has 1 saturated heterocycles. The van der Waals surface area contributed by atoms with Gasteiger partial charge in [-0.05, 0) is 31.0 Å². The average Bonchev–Trinajstić information content (AvgIpc) is 3.25. The van der Waals surface area contributed by atoms with Gasteiger partial charge in [-0.1, -0.05) is 11.6 Å². The smallest absolute Gasteiger partial charge is 0.298 e. The molecule has 4 rings (SSSR count). The molecule has 26 heavy (non-hydrogen) atoms. The van der Waals surface area contributed by atoms with Crippen molar-refractivity contribution in [1.82, 2.24) is 20.5 Å². The minimum atomic E-state index is -0.147. The van der Waals surface area contributed by atoms with Crippen molar-refractivity contribution in [3.63, 3.8) is 0 Å². The standard InChI is InChI=1S/C17H18ClN5O3/c1-10-21-22-15(25-10)8-19-16(24)11-3-2-6-23(9-11)17-20-13-7-12(18)4-5-14(13)26-17/h4-5,7,11H,2-3,6,8-9H2,1H3,(H,19,24). The summed E-state index contributed by atoms with van der Waals surface area (Å²) in [4.78, 5) is 19.0. The Balaban J connectivity index is 1.41. The van der Waals surface area contributed by atoms with E-state index in [1.165, 1.54) is 0 Å². The van der Waals surface area contributed by atoms with Crippen LogP contribution in [0.2, 0.25) is 5.02 Å². The number of carbonyl (C=O) groups is 1. The molecule has 8 nitrogen and oxygen atoms in total. The van der Waals surface area contributed by atoms with Crippen LogP contribution in [0.25, 0.3) is 11.1 Å². The van der Waals surface area contributed by atoms with Crippen LogP contribution in [0, 0.1) is 12.8 Å². The van der Waals surface area contributed by atoms with E-state index < -0.39 is 0 Å². The molecular formula is C17H18ClN5O3. The van der Waals surface area contributed by atoms with Crippen molar-refractivity contribution in [2.24, 2.45) is 5.92 Å². The molecule has 0 aliphatic carbocycles. The molecule has 0 spiro atoms. The van der Waals surface area contributed by atoms with Gasteiger partial charge in [-0.3, -0.25) is 4.79 Å². The number of piperidine rings is 1. The molecule has 1 N–H and O–H groups in total.